The van der Waals surface area contributed by atoms with Crippen molar-refractivity contribution in [1.29, 1.82) is 0 Å². The fraction of sp³-hybridized carbons (Fsp3) is 0.316. The highest BCUT2D eigenvalue weighted by molar-refractivity contribution is 6.32. The van der Waals surface area contributed by atoms with Gasteiger partial charge in [-0.1, -0.05) is 37.1 Å². The van der Waals surface area contributed by atoms with Crippen molar-refractivity contribution >= 4 is 17.5 Å². The van der Waals surface area contributed by atoms with Gasteiger partial charge in [-0.2, -0.15) is 0 Å². The molecule has 0 saturated carbocycles. The number of hydrogen-bond donors (Lipinski definition) is 1. The molecule has 2 rings (SSSR count). The van der Waals surface area contributed by atoms with Crippen LogP contribution in [-0.4, -0.2) is 13.0 Å². The summed E-state index contributed by atoms with van der Waals surface area (Å²) in [6.07, 6.45) is 2.52. The van der Waals surface area contributed by atoms with E-state index in [1.165, 1.54) is 0 Å². The predicted molar refractivity (Wildman–Crippen MR) is 95.9 cm³/mol. The van der Waals surface area contributed by atoms with E-state index in [-0.39, 0.29) is 5.91 Å². The van der Waals surface area contributed by atoms with Crippen LogP contribution in [0.5, 0.6) is 17.2 Å². The maximum absolute atomic E-state index is 11.6. The van der Waals surface area contributed by atoms with Gasteiger partial charge in [-0.3, -0.25) is 4.79 Å². The molecule has 0 aliphatic rings. The van der Waals surface area contributed by atoms with Crippen LogP contribution >= 0.6 is 11.6 Å². The van der Waals surface area contributed by atoms with Crippen molar-refractivity contribution in [3.8, 4) is 17.2 Å². The molecule has 2 aromatic rings. The first-order chi connectivity index (χ1) is 11.6. The quantitative estimate of drug-likeness (QED) is 0.735. The number of rotatable bonds is 8. The van der Waals surface area contributed by atoms with Crippen molar-refractivity contribution in [2.24, 2.45) is 0 Å². The molecule has 0 aliphatic carbocycles. The highest BCUT2D eigenvalue weighted by Gasteiger charge is 2.06. The Morgan fingerprint density at radius 1 is 1.12 bits per heavy atom. The van der Waals surface area contributed by atoms with Gasteiger partial charge in [0.15, 0.2) is 0 Å². The van der Waals surface area contributed by atoms with Gasteiger partial charge in [0.1, 0.15) is 17.2 Å². The number of halogens is 1. The van der Waals surface area contributed by atoms with E-state index in [0.29, 0.717) is 35.2 Å². The number of hydrogen-bond acceptors (Lipinski definition) is 3. The molecule has 0 bridgehead atoms. The smallest absolute Gasteiger partial charge is 0.220 e. The van der Waals surface area contributed by atoms with E-state index in [1.807, 2.05) is 24.3 Å². The van der Waals surface area contributed by atoms with Crippen LogP contribution < -0.4 is 14.8 Å². The molecule has 1 N–H and O–H groups in total. The van der Waals surface area contributed by atoms with E-state index >= 15 is 0 Å². The Balaban J connectivity index is 1.91. The van der Waals surface area contributed by atoms with Gasteiger partial charge in [0.2, 0.25) is 5.91 Å². The van der Waals surface area contributed by atoms with Crippen molar-refractivity contribution in [2.75, 3.05) is 7.11 Å². The summed E-state index contributed by atoms with van der Waals surface area (Å²) in [7, 11) is 1.59. The first-order valence-electron chi connectivity index (χ1n) is 7.99. The van der Waals surface area contributed by atoms with Gasteiger partial charge in [-0.25, -0.2) is 0 Å². The number of carbonyl (C=O) groups is 1. The molecular weight excluding hydrogens is 326 g/mol. The standard InChI is InChI=1S/C19H22ClNO3/c1-3-4-5-19(22)21-13-14-6-8-15(9-7-14)24-18-11-10-16(23-2)12-17(18)20/h6-12H,3-5,13H2,1-2H3,(H,21,22). The summed E-state index contributed by atoms with van der Waals surface area (Å²) < 4.78 is 10.9. The molecule has 0 saturated heterocycles. The SMILES string of the molecule is CCCCC(=O)NCc1ccc(Oc2ccc(OC)cc2Cl)cc1. The fourth-order valence-electron chi connectivity index (χ4n) is 2.12. The molecule has 0 spiro atoms. The van der Waals surface area contributed by atoms with Crippen molar-refractivity contribution < 1.29 is 14.3 Å². The van der Waals surface area contributed by atoms with Crippen molar-refractivity contribution in [2.45, 2.75) is 32.7 Å². The second-order valence-electron chi connectivity index (χ2n) is 5.42. The maximum atomic E-state index is 11.6. The Bertz CT molecular complexity index is 671. The Morgan fingerprint density at radius 3 is 2.46 bits per heavy atom. The number of ether oxygens (including phenoxy) is 2. The van der Waals surface area contributed by atoms with E-state index in [1.54, 1.807) is 25.3 Å². The summed E-state index contributed by atoms with van der Waals surface area (Å²) in [6, 6.07) is 12.8. The van der Waals surface area contributed by atoms with E-state index in [4.69, 9.17) is 21.1 Å². The van der Waals surface area contributed by atoms with E-state index in [2.05, 4.69) is 12.2 Å². The van der Waals surface area contributed by atoms with Crippen molar-refractivity contribution in [3.63, 3.8) is 0 Å². The summed E-state index contributed by atoms with van der Waals surface area (Å²) in [5.41, 5.74) is 1.02. The lowest BCUT2D eigenvalue weighted by atomic mass is 10.2. The summed E-state index contributed by atoms with van der Waals surface area (Å²) in [5.74, 6) is 2.02. The molecule has 2 aromatic carbocycles. The van der Waals surface area contributed by atoms with Crippen LogP contribution in [-0.2, 0) is 11.3 Å². The zero-order valence-corrected chi connectivity index (χ0v) is 14.7. The molecule has 0 aliphatic heterocycles. The minimum absolute atomic E-state index is 0.0854. The first-order valence-corrected chi connectivity index (χ1v) is 8.37. The lowest BCUT2D eigenvalue weighted by Crippen LogP contribution is -2.22. The van der Waals surface area contributed by atoms with Gasteiger partial charge in [0.25, 0.3) is 0 Å². The van der Waals surface area contributed by atoms with Gasteiger partial charge in [-0.05, 0) is 36.2 Å². The minimum atomic E-state index is 0.0854. The zero-order chi connectivity index (χ0) is 17.4. The van der Waals surface area contributed by atoms with Crippen LogP contribution in [0, 0.1) is 0 Å². The molecule has 4 nitrogen and oxygen atoms in total. The van der Waals surface area contributed by atoms with Crippen LogP contribution in [0.25, 0.3) is 0 Å². The number of methoxy groups -OCH3 is 1. The third kappa shape index (κ3) is 5.46. The molecular formula is C19H22ClNO3. The van der Waals surface area contributed by atoms with Crippen LogP contribution in [0.2, 0.25) is 5.02 Å². The Hall–Kier alpha value is -2.20. The van der Waals surface area contributed by atoms with Gasteiger partial charge in [0.05, 0.1) is 12.1 Å². The summed E-state index contributed by atoms with van der Waals surface area (Å²) >= 11 is 6.16. The molecule has 0 heterocycles. The van der Waals surface area contributed by atoms with Crippen LogP contribution in [0.1, 0.15) is 31.7 Å². The third-order valence-corrected chi connectivity index (χ3v) is 3.83. The molecule has 0 aromatic heterocycles. The fourth-order valence-corrected chi connectivity index (χ4v) is 2.33. The Labute approximate surface area is 147 Å². The number of carbonyl (C=O) groups excluding carboxylic acids is 1. The molecule has 0 radical (unpaired) electrons. The van der Waals surface area contributed by atoms with Gasteiger partial charge in [0, 0.05) is 19.0 Å². The second kappa shape index (κ2) is 9.18. The van der Waals surface area contributed by atoms with Gasteiger partial charge in [-0.15, -0.1) is 0 Å². The lowest BCUT2D eigenvalue weighted by molar-refractivity contribution is -0.121. The van der Waals surface area contributed by atoms with E-state index < -0.39 is 0 Å². The molecule has 5 heteroatoms. The van der Waals surface area contributed by atoms with Gasteiger partial charge >= 0.3 is 0 Å². The van der Waals surface area contributed by atoms with E-state index in [9.17, 15) is 4.79 Å². The van der Waals surface area contributed by atoms with Gasteiger partial charge < -0.3 is 14.8 Å². The summed E-state index contributed by atoms with van der Waals surface area (Å²) in [5, 5.41) is 3.40. The molecule has 0 atom stereocenters. The zero-order valence-electron chi connectivity index (χ0n) is 14.0. The molecule has 1 amide bonds. The topological polar surface area (TPSA) is 47.6 Å². The Morgan fingerprint density at radius 2 is 1.83 bits per heavy atom. The average Bonchev–Trinajstić information content (AvgIpc) is 2.61. The third-order valence-electron chi connectivity index (χ3n) is 3.54. The average molecular weight is 348 g/mol. The molecule has 24 heavy (non-hydrogen) atoms. The highest BCUT2D eigenvalue weighted by Crippen LogP contribution is 2.32. The number of amides is 1. The van der Waals surface area contributed by atoms with Crippen LogP contribution in [0.15, 0.2) is 42.5 Å². The predicted octanol–water partition coefficient (Wildman–Crippen LogP) is 4.95. The Kier molecular flexibility index (Phi) is 6.94. The summed E-state index contributed by atoms with van der Waals surface area (Å²) in [4.78, 5) is 11.6. The normalized spacial score (nSPS) is 10.3. The molecule has 0 unspecified atom stereocenters. The van der Waals surface area contributed by atoms with E-state index in [0.717, 1.165) is 18.4 Å². The molecule has 0 fully saturated rings. The van der Waals surface area contributed by atoms with Crippen molar-refractivity contribution in [3.05, 3.63) is 53.1 Å². The molecule has 128 valence electrons. The number of unbranched alkanes of at least 4 members (excludes halogenated alkanes) is 1. The first kappa shape index (κ1) is 18.1. The monoisotopic (exact) mass is 347 g/mol. The van der Waals surface area contributed by atoms with Crippen molar-refractivity contribution in [1.82, 2.24) is 5.32 Å². The van der Waals surface area contributed by atoms with Crippen LogP contribution in [0.4, 0.5) is 0 Å². The minimum Gasteiger partial charge on any atom is -0.497 e. The maximum Gasteiger partial charge on any atom is 0.220 e. The largest absolute Gasteiger partial charge is 0.497 e. The number of nitrogens with one attached hydrogen (secondary N) is 1. The lowest BCUT2D eigenvalue weighted by Gasteiger charge is -2.10. The highest BCUT2D eigenvalue weighted by atomic mass is 35.5. The number of benzene rings is 2. The second-order valence-corrected chi connectivity index (χ2v) is 5.83. The van der Waals surface area contributed by atoms with Crippen LogP contribution in [0.3, 0.4) is 0 Å². The summed E-state index contributed by atoms with van der Waals surface area (Å²) in [6.45, 7) is 2.59.